The van der Waals surface area contributed by atoms with Crippen LogP contribution >= 0.6 is 20.1 Å². The van der Waals surface area contributed by atoms with Gasteiger partial charge in [-0.05, 0) is 0 Å². The van der Waals surface area contributed by atoms with Gasteiger partial charge in [0.1, 0.15) is 0 Å². The van der Waals surface area contributed by atoms with Crippen molar-refractivity contribution in [3.63, 3.8) is 0 Å². The van der Waals surface area contributed by atoms with E-state index in [1.807, 2.05) is 6.07 Å². The van der Waals surface area contributed by atoms with E-state index < -0.39 is 26.5 Å². The number of urea groups is 1. The van der Waals surface area contributed by atoms with E-state index in [0.717, 1.165) is 21.2 Å². The molecule has 2 aliphatic rings. The minimum absolute atomic E-state index is 0.281. The number of amides is 2. The number of aromatic nitrogens is 4. The summed E-state index contributed by atoms with van der Waals surface area (Å²) in [5, 5.41) is 2.80. The van der Waals surface area contributed by atoms with Gasteiger partial charge in [0.2, 0.25) is 0 Å². The van der Waals surface area contributed by atoms with Crippen LogP contribution in [0, 0.1) is 0 Å². The predicted molar refractivity (Wildman–Crippen MR) is 117 cm³/mol. The fourth-order valence-corrected chi connectivity index (χ4v) is 9.04. The van der Waals surface area contributed by atoms with Gasteiger partial charge in [-0.3, -0.25) is 0 Å². The molecule has 2 amide bonds. The van der Waals surface area contributed by atoms with Crippen molar-refractivity contribution in [2.24, 2.45) is 0 Å². The van der Waals surface area contributed by atoms with Crippen LogP contribution in [0.15, 0.2) is 49.1 Å². The Kier molecular flexibility index (Phi) is 4.89. The van der Waals surface area contributed by atoms with Crippen molar-refractivity contribution in [1.29, 1.82) is 0 Å². The summed E-state index contributed by atoms with van der Waals surface area (Å²) in [6.07, 6.45) is 3.22. The molecule has 0 saturated carbocycles. The first-order chi connectivity index (χ1) is 14.6. The Labute approximate surface area is 178 Å². The number of alkyl halides is 4. The van der Waals surface area contributed by atoms with Gasteiger partial charge in [0.05, 0.1) is 0 Å². The first kappa shape index (κ1) is 19.0. The van der Waals surface area contributed by atoms with Gasteiger partial charge < -0.3 is 0 Å². The Morgan fingerprint density at radius 1 is 1.17 bits per heavy atom. The van der Waals surface area contributed by atoms with Gasteiger partial charge in [-0.2, -0.15) is 0 Å². The van der Waals surface area contributed by atoms with E-state index in [2.05, 4.69) is 25.2 Å². The summed E-state index contributed by atoms with van der Waals surface area (Å²) in [4.78, 5) is 31.9. The zero-order chi connectivity index (χ0) is 20.7. The summed E-state index contributed by atoms with van der Waals surface area (Å²) in [6.45, 7) is 0.887. The fourth-order valence-electron chi connectivity index (χ4n) is 3.37. The molecule has 3 aromatic rings. The number of halogens is 3. The number of nitrogens with zero attached hydrogens (tertiary/aromatic N) is 6. The molecule has 3 aromatic heterocycles. The second-order valence-electron chi connectivity index (χ2n) is 6.61. The van der Waals surface area contributed by atoms with Crippen LogP contribution in [-0.2, 0) is 0 Å². The van der Waals surface area contributed by atoms with Gasteiger partial charge in [0.25, 0.3) is 0 Å². The van der Waals surface area contributed by atoms with Gasteiger partial charge in [0.15, 0.2) is 0 Å². The second-order valence-corrected chi connectivity index (χ2v) is 11.8. The molecule has 0 aliphatic carbocycles. The summed E-state index contributed by atoms with van der Waals surface area (Å²) in [5.41, 5.74) is 1.63. The van der Waals surface area contributed by atoms with E-state index in [4.69, 9.17) is 4.98 Å². The molecule has 1 N–H and O–H groups in total. The topological polar surface area (TPSA) is 87.1 Å². The molecule has 8 nitrogen and oxygen atoms in total. The van der Waals surface area contributed by atoms with E-state index in [1.54, 1.807) is 15.2 Å². The van der Waals surface area contributed by atoms with Crippen LogP contribution in [0.4, 0.5) is 30.9 Å². The molecule has 30 heavy (non-hydrogen) atoms. The first-order valence-corrected chi connectivity index (χ1v) is 13.1. The second kappa shape index (κ2) is 7.70. The van der Waals surface area contributed by atoms with Crippen molar-refractivity contribution >= 4 is 43.4 Å². The molecule has 1 saturated heterocycles. The van der Waals surface area contributed by atoms with Crippen LogP contribution in [0.1, 0.15) is 12.1 Å². The molecular formula is C19H16F2IN7O. The van der Waals surface area contributed by atoms with E-state index in [9.17, 15) is 13.6 Å². The monoisotopic (exact) mass is 523 g/mol. The average molecular weight is 523 g/mol. The van der Waals surface area contributed by atoms with Crippen molar-refractivity contribution in [1.82, 2.24) is 19.9 Å². The van der Waals surface area contributed by atoms with E-state index in [0.29, 0.717) is 22.9 Å². The number of hydrogen-bond acceptors (Lipinski definition) is 6. The summed E-state index contributed by atoms with van der Waals surface area (Å²) in [5.74, 6) is 0.937. The van der Waals surface area contributed by atoms with E-state index in [1.165, 1.54) is 30.9 Å². The predicted octanol–water partition coefficient (Wildman–Crippen LogP) is 4.12. The number of anilines is 3. The normalized spacial score (nSPS) is 16.0. The zero-order valence-electron chi connectivity index (χ0n) is 15.5. The molecule has 5 rings (SSSR count). The van der Waals surface area contributed by atoms with Crippen LogP contribution in [0.2, 0.25) is 0 Å². The Morgan fingerprint density at radius 3 is 2.87 bits per heavy atom. The van der Waals surface area contributed by atoms with Crippen molar-refractivity contribution < 1.29 is 13.6 Å². The Bertz CT molecular complexity index is 1100. The maximum absolute atomic E-state index is 13.1. The average Bonchev–Trinajstić information content (AvgIpc) is 3.18. The zero-order valence-corrected chi connectivity index (χ0v) is 17.7. The van der Waals surface area contributed by atoms with Crippen molar-refractivity contribution in [3.05, 3.63) is 54.7 Å². The third-order valence-electron chi connectivity index (χ3n) is 4.75. The number of carbonyl (C=O) groups excluding carboxylic acids is 1. The van der Waals surface area contributed by atoms with Crippen LogP contribution in [0.5, 0.6) is 0 Å². The Balaban J connectivity index is 1.53. The third-order valence-corrected chi connectivity index (χ3v) is 10.4. The van der Waals surface area contributed by atoms with Gasteiger partial charge in [-0.1, -0.05) is 0 Å². The molecular weight excluding hydrogens is 507 g/mol. The molecule has 0 aromatic carbocycles. The van der Waals surface area contributed by atoms with Crippen LogP contribution in [-0.4, -0.2) is 41.5 Å². The number of rotatable bonds is 3. The Morgan fingerprint density at radius 2 is 2.07 bits per heavy atom. The Hall–Kier alpha value is -2.96. The first-order valence-electron chi connectivity index (χ1n) is 9.10. The molecule has 11 heteroatoms. The minimum atomic E-state index is -2.66. The SMILES string of the molecule is O=C(Nc1cnccn1)N1c2nc(-c3ccnc(C(F)F)c3)ccc2N2CCI1C2. The van der Waals surface area contributed by atoms with Crippen LogP contribution < -0.4 is 13.3 Å². The molecule has 0 spiro atoms. The number of nitrogens with one attached hydrogen (secondary N) is 1. The van der Waals surface area contributed by atoms with E-state index >= 15 is 0 Å². The van der Waals surface area contributed by atoms with Crippen LogP contribution in [0.3, 0.4) is 0 Å². The summed E-state index contributed by atoms with van der Waals surface area (Å²) >= 11 is -1.82. The molecule has 5 heterocycles. The molecule has 154 valence electrons. The third kappa shape index (κ3) is 3.42. The van der Waals surface area contributed by atoms with Crippen molar-refractivity contribution in [2.75, 3.05) is 28.9 Å². The quantitative estimate of drug-likeness (QED) is 0.241. The fraction of sp³-hybridized carbons (Fsp3) is 0.211. The van der Waals surface area contributed by atoms with E-state index in [-0.39, 0.29) is 11.7 Å². The molecule has 0 unspecified atom stereocenters. The van der Waals surface area contributed by atoms with Crippen molar-refractivity contribution in [2.45, 2.75) is 6.43 Å². The molecule has 2 aliphatic heterocycles. The number of hydrogen-bond donors (Lipinski definition) is 1. The number of fused-ring (bicyclic) bond motifs is 4. The van der Waals surface area contributed by atoms with Gasteiger partial charge in [0, 0.05) is 0 Å². The standard InChI is InChI=1S/C19H16F2IN7O/c20-17(21)14-9-12(3-5-24-14)13-1-2-15-18(26-13)29(22-4-8-28(15)11-22)19(30)27-16-10-23-6-7-25-16/h1-3,5-7,9-10,17H,4,8,11H2,(H,25,27,30). The summed E-state index contributed by atoms with van der Waals surface area (Å²) in [7, 11) is 0. The molecule has 0 atom stereocenters. The molecule has 1 fully saturated rings. The number of pyridine rings is 2. The van der Waals surface area contributed by atoms with Gasteiger partial charge in [-0.15, -0.1) is 0 Å². The summed E-state index contributed by atoms with van der Waals surface area (Å²) in [6, 6.07) is 6.39. The maximum atomic E-state index is 13.1. The number of carbonyl (C=O) groups is 1. The summed E-state index contributed by atoms with van der Waals surface area (Å²) < 4.78 is 29.8. The van der Waals surface area contributed by atoms with Crippen molar-refractivity contribution in [3.8, 4) is 11.3 Å². The van der Waals surface area contributed by atoms with Gasteiger partial charge >= 0.3 is 178 Å². The van der Waals surface area contributed by atoms with Crippen LogP contribution in [0.25, 0.3) is 11.3 Å². The molecule has 0 radical (unpaired) electrons. The molecule has 2 bridgehead atoms. The van der Waals surface area contributed by atoms with Gasteiger partial charge in [-0.25, -0.2) is 0 Å².